The maximum absolute atomic E-state index is 9.26. The van der Waals surface area contributed by atoms with Crippen LogP contribution in [0.4, 0.5) is 5.69 Å². The van der Waals surface area contributed by atoms with E-state index in [0.29, 0.717) is 22.7 Å². The molecular weight excluding hydrogens is 264 g/mol. The minimum absolute atomic E-state index is 0.490. The third-order valence-corrected chi connectivity index (χ3v) is 3.58. The van der Waals surface area contributed by atoms with Crippen LogP contribution >= 0.6 is 0 Å². The van der Waals surface area contributed by atoms with E-state index in [1.54, 1.807) is 6.07 Å². The third kappa shape index (κ3) is 2.07. The molecule has 21 heavy (non-hydrogen) atoms. The summed E-state index contributed by atoms with van der Waals surface area (Å²) in [5, 5.41) is 9.26. The summed E-state index contributed by atoms with van der Waals surface area (Å²) in [5.41, 5.74) is 9.53. The SMILES string of the molecule is Cc1c(-c2cccc3c2OC(C)(C)O3)ccc(N)c1C#N. The monoisotopic (exact) mass is 280 g/mol. The summed E-state index contributed by atoms with van der Waals surface area (Å²) < 4.78 is 11.7. The van der Waals surface area contributed by atoms with Gasteiger partial charge in [-0.2, -0.15) is 5.26 Å². The number of anilines is 1. The third-order valence-electron chi connectivity index (χ3n) is 3.58. The molecule has 2 aromatic rings. The van der Waals surface area contributed by atoms with Gasteiger partial charge in [-0.05, 0) is 30.2 Å². The van der Waals surface area contributed by atoms with E-state index in [1.807, 2.05) is 45.0 Å². The van der Waals surface area contributed by atoms with Gasteiger partial charge in [0.2, 0.25) is 5.79 Å². The molecule has 0 aliphatic carbocycles. The first kappa shape index (κ1) is 13.3. The van der Waals surface area contributed by atoms with Crippen molar-refractivity contribution < 1.29 is 9.47 Å². The number of nitrogens with two attached hydrogens (primary N) is 1. The largest absolute Gasteiger partial charge is 0.449 e. The molecule has 0 aromatic heterocycles. The molecule has 0 unspecified atom stereocenters. The number of rotatable bonds is 1. The number of hydrogen-bond acceptors (Lipinski definition) is 4. The average Bonchev–Trinajstić information content (AvgIpc) is 2.73. The Morgan fingerprint density at radius 1 is 1.10 bits per heavy atom. The predicted octanol–water partition coefficient (Wildman–Crippen LogP) is 3.62. The Labute approximate surface area is 123 Å². The Morgan fingerprint density at radius 2 is 1.86 bits per heavy atom. The van der Waals surface area contributed by atoms with Crippen LogP contribution in [0.25, 0.3) is 11.1 Å². The van der Waals surface area contributed by atoms with Crippen molar-refractivity contribution in [3.05, 3.63) is 41.5 Å². The van der Waals surface area contributed by atoms with Crippen LogP contribution in [0.5, 0.6) is 11.5 Å². The molecular formula is C17H16N2O2. The van der Waals surface area contributed by atoms with E-state index < -0.39 is 5.79 Å². The molecule has 0 radical (unpaired) electrons. The maximum atomic E-state index is 9.26. The van der Waals surface area contributed by atoms with Crippen LogP contribution in [-0.2, 0) is 0 Å². The highest BCUT2D eigenvalue weighted by atomic mass is 16.7. The zero-order chi connectivity index (χ0) is 15.2. The van der Waals surface area contributed by atoms with Crippen molar-refractivity contribution in [1.29, 1.82) is 5.26 Å². The molecule has 106 valence electrons. The van der Waals surface area contributed by atoms with E-state index in [2.05, 4.69) is 6.07 Å². The molecule has 0 atom stereocenters. The fourth-order valence-electron chi connectivity index (χ4n) is 2.62. The van der Waals surface area contributed by atoms with Crippen molar-refractivity contribution in [3.63, 3.8) is 0 Å². The molecule has 0 bridgehead atoms. The number of fused-ring (bicyclic) bond motifs is 1. The molecule has 0 saturated heterocycles. The molecule has 1 aliphatic rings. The summed E-state index contributed by atoms with van der Waals surface area (Å²) >= 11 is 0. The minimum Gasteiger partial charge on any atom is -0.449 e. The van der Waals surface area contributed by atoms with Gasteiger partial charge in [-0.15, -0.1) is 0 Å². The summed E-state index contributed by atoms with van der Waals surface area (Å²) in [4.78, 5) is 0. The smallest absolute Gasteiger partial charge is 0.246 e. The fourth-order valence-corrected chi connectivity index (χ4v) is 2.62. The summed E-state index contributed by atoms with van der Waals surface area (Å²) in [6, 6.07) is 11.6. The van der Waals surface area contributed by atoms with E-state index in [-0.39, 0.29) is 0 Å². The summed E-state index contributed by atoms with van der Waals surface area (Å²) in [7, 11) is 0. The summed E-state index contributed by atoms with van der Waals surface area (Å²) in [6.45, 7) is 5.63. The van der Waals surface area contributed by atoms with Crippen molar-refractivity contribution in [2.45, 2.75) is 26.6 Å². The molecule has 0 amide bonds. The van der Waals surface area contributed by atoms with Crippen LogP contribution in [0.3, 0.4) is 0 Å². The van der Waals surface area contributed by atoms with E-state index in [0.717, 1.165) is 16.7 Å². The number of nitriles is 1. The predicted molar refractivity (Wildman–Crippen MR) is 81.1 cm³/mol. The van der Waals surface area contributed by atoms with Crippen molar-refractivity contribution in [3.8, 4) is 28.7 Å². The van der Waals surface area contributed by atoms with Gasteiger partial charge in [-0.25, -0.2) is 0 Å². The zero-order valence-electron chi connectivity index (χ0n) is 12.2. The van der Waals surface area contributed by atoms with Gasteiger partial charge in [0.25, 0.3) is 0 Å². The number of para-hydroxylation sites is 1. The van der Waals surface area contributed by atoms with Crippen LogP contribution in [0.2, 0.25) is 0 Å². The lowest BCUT2D eigenvalue weighted by atomic mass is 9.95. The minimum atomic E-state index is -0.682. The molecule has 4 nitrogen and oxygen atoms in total. The van der Waals surface area contributed by atoms with Crippen LogP contribution in [0.1, 0.15) is 25.0 Å². The molecule has 2 aromatic carbocycles. The first-order valence-corrected chi connectivity index (χ1v) is 6.73. The Balaban J connectivity index is 2.21. The van der Waals surface area contributed by atoms with Gasteiger partial charge in [-0.3, -0.25) is 0 Å². The van der Waals surface area contributed by atoms with Crippen molar-refractivity contribution in [2.24, 2.45) is 0 Å². The van der Waals surface area contributed by atoms with E-state index in [9.17, 15) is 5.26 Å². The van der Waals surface area contributed by atoms with E-state index >= 15 is 0 Å². The molecule has 1 aliphatic heterocycles. The van der Waals surface area contributed by atoms with E-state index in [1.165, 1.54) is 0 Å². The fraction of sp³-hybridized carbons (Fsp3) is 0.235. The molecule has 0 saturated carbocycles. The van der Waals surface area contributed by atoms with Crippen molar-refractivity contribution in [2.75, 3.05) is 5.73 Å². The topological polar surface area (TPSA) is 68.3 Å². The molecule has 0 spiro atoms. The average molecular weight is 280 g/mol. The number of ether oxygens (including phenoxy) is 2. The second-order valence-corrected chi connectivity index (χ2v) is 5.55. The van der Waals surface area contributed by atoms with Crippen LogP contribution in [0.15, 0.2) is 30.3 Å². The molecule has 2 N–H and O–H groups in total. The lowest BCUT2D eigenvalue weighted by Gasteiger charge is -2.17. The highest BCUT2D eigenvalue weighted by molar-refractivity contribution is 5.80. The lowest BCUT2D eigenvalue weighted by Crippen LogP contribution is -2.29. The Kier molecular flexibility index (Phi) is 2.80. The standard InChI is InChI=1S/C17H16N2O2/c1-10-11(7-8-14(19)13(10)9-18)12-5-4-6-15-16(12)21-17(2,3)20-15/h4-8H,19H2,1-3H3. The Hall–Kier alpha value is -2.67. The molecule has 0 fully saturated rings. The van der Waals surface area contributed by atoms with Gasteiger partial charge in [0.05, 0.1) is 5.56 Å². The number of benzene rings is 2. The zero-order valence-corrected chi connectivity index (χ0v) is 12.2. The van der Waals surface area contributed by atoms with Gasteiger partial charge in [0, 0.05) is 25.1 Å². The molecule has 1 heterocycles. The van der Waals surface area contributed by atoms with E-state index in [4.69, 9.17) is 15.2 Å². The first-order chi connectivity index (χ1) is 9.93. The van der Waals surface area contributed by atoms with Gasteiger partial charge >= 0.3 is 0 Å². The number of hydrogen-bond donors (Lipinski definition) is 1. The Bertz CT molecular complexity index is 773. The Morgan fingerprint density at radius 3 is 2.57 bits per heavy atom. The normalized spacial score (nSPS) is 14.8. The highest BCUT2D eigenvalue weighted by Crippen LogP contribution is 2.46. The van der Waals surface area contributed by atoms with Crippen molar-refractivity contribution >= 4 is 5.69 Å². The second kappa shape index (κ2) is 4.42. The lowest BCUT2D eigenvalue weighted by molar-refractivity contribution is -0.0429. The van der Waals surface area contributed by atoms with Crippen LogP contribution in [-0.4, -0.2) is 5.79 Å². The van der Waals surface area contributed by atoms with Gasteiger partial charge in [-0.1, -0.05) is 18.2 Å². The van der Waals surface area contributed by atoms with Crippen molar-refractivity contribution in [1.82, 2.24) is 0 Å². The quantitative estimate of drug-likeness (QED) is 0.810. The number of nitrogen functional groups attached to an aromatic ring is 1. The maximum Gasteiger partial charge on any atom is 0.246 e. The van der Waals surface area contributed by atoms with Gasteiger partial charge in [0.1, 0.15) is 6.07 Å². The van der Waals surface area contributed by atoms with Gasteiger partial charge in [0.15, 0.2) is 11.5 Å². The van der Waals surface area contributed by atoms with Crippen LogP contribution < -0.4 is 15.2 Å². The first-order valence-electron chi connectivity index (χ1n) is 6.73. The molecule has 4 heteroatoms. The number of nitrogens with zero attached hydrogens (tertiary/aromatic N) is 1. The summed E-state index contributed by atoms with van der Waals surface area (Å²) in [5.74, 6) is 0.740. The molecule has 3 rings (SSSR count). The second-order valence-electron chi connectivity index (χ2n) is 5.55. The highest BCUT2D eigenvalue weighted by Gasteiger charge is 2.33. The van der Waals surface area contributed by atoms with Crippen LogP contribution in [0, 0.1) is 18.3 Å². The summed E-state index contributed by atoms with van der Waals surface area (Å²) in [6.07, 6.45) is 0. The van der Waals surface area contributed by atoms with Gasteiger partial charge < -0.3 is 15.2 Å².